The van der Waals surface area contributed by atoms with Gasteiger partial charge in [-0.15, -0.1) is 0 Å². The minimum absolute atomic E-state index is 0.430. The first-order valence-electron chi connectivity index (χ1n) is 7.92. The van der Waals surface area contributed by atoms with Crippen LogP contribution in [0.25, 0.3) is 0 Å². The van der Waals surface area contributed by atoms with E-state index in [1.165, 1.54) is 0 Å². The Bertz CT molecular complexity index is 561. The van der Waals surface area contributed by atoms with E-state index in [9.17, 15) is 8.42 Å². The van der Waals surface area contributed by atoms with Crippen LogP contribution < -0.4 is 5.32 Å². The van der Waals surface area contributed by atoms with E-state index in [1.54, 1.807) is 10.5 Å². The Balaban J connectivity index is 2.23. The molecule has 120 valence electrons. The van der Waals surface area contributed by atoms with E-state index in [2.05, 4.69) is 5.32 Å². The molecule has 21 heavy (non-hydrogen) atoms. The molecule has 0 unspecified atom stereocenters. The summed E-state index contributed by atoms with van der Waals surface area (Å²) < 4.78 is 29.2. The van der Waals surface area contributed by atoms with Crippen molar-refractivity contribution in [2.45, 2.75) is 51.6 Å². The third-order valence-corrected chi connectivity index (χ3v) is 5.91. The van der Waals surface area contributed by atoms with Gasteiger partial charge in [0.1, 0.15) is 4.90 Å². The van der Waals surface area contributed by atoms with Crippen molar-refractivity contribution in [1.82, 2.24) is 14.2 Å². The number of nitrogens with zero attached hydrogens (tertiary/aromatic N) is 2. The van der Waals surface area contributed by atoms with Crippen LogP contribution in [0.5, 0.6) is 0 Å². The summed E-state index contributed by atoms with van der Waals surface area (Å²) in [5, 5.41) is 3.26. The van der Waals surface area contributed by atoms with Gasteiger partial charge in [0, 0.05) is 38.1 Å². The van der Waals surface area contributed by atoms with Crippen molar-refractivity contribution in [3.8, 4) is 0 Å². The summed E-state index contributed by atoms with van der Waals surface area (Å²) in [6, 6.07) is 1.82. The summed E-state index contributed by atoms with van der Waals surface area (Å²) in [6.45, 7) is 9.56. The van der Waals surface area contributed by atoms with Crippen molar-refractivity contribution in [3.05, 3.63) is 18.0 Å². The lowest BCUT2D eigenvalue weighted by molar-refractivity contribution is 0.412. The molecule has 0 aliphatic heterocycles. The fourth-order valence-electron chi connectivity index (χ4n) is 2.50. The highest BCUT2D eigenvalue weighted by molar-refractivity contribution is 7.89. The molecule has 1 N–H and O–H groups in total. The number of aromatic nitrogens is 1. The van der Waals surface area contributed by atoms with Gasteiger partial charge in [-0.05, 0) is 38.3 Å². The van der Waals surface area contributed by atoms with E-state index in [1.807, 2.05) is 31.4 Å². The largest absolute Gasteiger partial charge is 0.349 e. The quantitative estimate of drug-likeness (QED) is 0.759. The Kier molecular flexibility index (Phi) is 5.46. The van der Waals surface area contributed by atoms with Crippen LogP contribution in [0.2, 0.25) is 0 Å². The molecule has 1 aromatic rings. The summed E-state index contributed by atoms with van der Waals surface area (Å²) in [7, 11) is -3.36. The van der Waals surface area contributed by atoms with Crippen molar-refractivity contribution in [2.24, 2.45) is 5.92 Å². The van der Waals surface area contributed by atoms with Gasteiger partial charge in [-0.25, -0.2) is 8.42 Å². The van der Waals surface area contributed by atoms with Crippen LogP contribution in [-0.2, 0) is 23.1 Å². The van der Waals surface area contributed by atoms with Gasteiger partial charge in [0.15, 0.2) is 0 Å². The summed E-state index contributed by atoms with van der Waals surface area (Å²) in [5.74, 6) is 0.564. The van der Waals surface area contributed by atoms with Gasteiger partial charge in [0.2, 0.25) is 10.0 Å². The molecule has 1 aliphatic carbocycles. The number of nitrogens with one attached hydrogen (secondary N) is 1. The van der Waals surface area contributed by atoms with Crippen LogP contribution in [0.1, 0.15) is 39.3 Å². The molecule has 0 radical (unpaired) electrons. The molecular weight excluding hydrogens is 286 g/mol. The molecule has 1 fully saturated rings. The van der Waals surface area contributed by atoms with E-state index in [4.69, 9.17) is 0 Å². The van der Waals surface area contributed by atoms with Crippen molar-refractivity contribution < 1.29 is 8.42 Å². The number of rotatable bonds is 9. The molecule has 1 aliphatic rings. The smallest absolute Gasteiger partial charge is 0.244 e. The lowest BCUT2D eigenvalue weighted by atomic mass is 10.4. The van der Waals surface area contributed by atoms with E-state index >= 15 is 0 Å². The van der Waals surface area contributed by atoms with Crippen molar-refractivity contribution in [3.63, 3.8) is 0 Å². The van der Waals surface area contributed by atoms with Gasteiger partial charge in [-0.3, -0.25) is 0 Å². The first-order valence-corrected chi connectivity index (χ1v) is 9.36. The summed E-state index contributed by atoms with van der Waals surface area (Å²) in [5.41, 5.74) is 1.03. The maximum absolute atomic E-state index is 12.8. The average molecular weight is 313 g/mol. The molecule has 5 nitrogen and oxygen atoms in total. The Morgan fingerprint density at radius 3 is 2.57 bits per heavy atom. The van der Waals surface area contributed by atoms with Gasteiger partial charge in [0.25, 0.3) is 0 Å². The first-order chi connectivity index (χ1) is 10.0. The Hall–Kier alpha value is -0.850. The molecule has 0 aromatic carbocycles. The van der Waals surface area contributed by atoms with Gasteiger partial charge >= 0.3 is 0 Å². The normalized spacial score (nSPS) is 15.8. The number of sulfonamides is 1. The maximum Gasteiger partial charge on any atom is 0.244 e. The van der Waals surface area contributed by atoms with Crippen LogP contribution in [-0.4, -0.2) is 36.9 Å². The van der Waals surface area contributed by atoms with E-state index in [0.29, 0.717) is 30.4 Å². The van der Waals surface area contributed by atoms with Crippen LogP contribution in [0.15, 0.2) is 17.2 Å². The second-order valence-electron chi connectivity index (χ2n) is 5.63. The lowest BCUT2D eigenvalue weighted by Crippen LogP contribution is -2.32. The lowest BCUT2D eigenvalue weighted by Gasteiger charge is -2.19. The Labute approximate surface area is 128 Å². The van der Waals surface area contributed by atoms with Gasteiger partial charge in [-0.2, -0.15) is 4.31 Å². The average Bonchev–Trinajstić information content (AvgIpc) is 3.19. The third kappa shape index (κ3) is 3.87. The predicted octanol–water partition coefficient (Wildman–Crippen LogP) is 2.04. The fraction of sp³-hybridized carbons (Fsp3) is 0.733. The molecule has 0 atom stereocenters. The van der Waals surface area contributed by atoms with Crippen LogP contribution in [0.3, 0.4) is 0 Å². The molecule has 1 aromatic heterocycles. The molecular formula is C15H27N3O2S. The monoisotopic (exact) mass is 313 g/mol. The van der Waals surface area contributed by atoms with Crippen LogP contribution in [0.4, 0.5) is 0 Å². The molecule has 1 saturated carbocycles. The highest BCUT2D eigenvalue weighted by Gasteiger charge is 2.31. The summed E-state index contributed by atoms with van der Waals surface area (Å²) in [4.78, 5) is 0.430. The zero-order valence-corrected chi connectivity index (χ0v) is 14.1. The summed E-state index contributed by atoms with van der Waals surface area (Å²) in [6.07, 6.45) is 4.10. The Morgan fingerprint density at radius 1 is 1.33 bits per heavy atom. The first kappa shape index (κ1) is 16.5. The highest BCUT2D eigenvalue weighted by atomic mass is 32.2. The topological polar surface area (TPSA) is 54.3 Å². The highest BCUT2D eigenvalue weighted by Crippen LogP contribution is 2.31. The van der Waals surface area contributed by atoms with Crippen molar-refractivity contribution in [1.29, 1.82) is 0 Å². The zero-order chi connectivity index (χ0) is 15.5. The van der Waals surface area contributed by atoms with E-state index in [0.717, 1.165) is 31.6 Å². The fourth-order valence-corrected chi connectivity index (χ4v) is 4.09. The number of hydrogen-bond acceptors (Lipinski definition) is 3. The van der Waals surface area contributed by atoms with Crippen molar-refractivity contribution in [2.75, 3.05) is 19.6 Å². The van der Waals surface area contributed by atoms with Gasteiger partial charge in [-0.1, -0.05) is 13.8 Å². The second kappa shape index (κ2) is 6.94. The molecule has 0 saturated heterocycles. The van der Waals surface area contributed by atoms with E-state index < -0.39 is 10.0 Å². The van der Waals surface area contributed by atoms with Crippen molar-refractivity contribution >= 4 is 10.0 Å². The molecule has 1 heterocycles. The number of aryl methyl sites for hydroxylation is 1. The SMILES string of the molecule is CCNCc1cc(S(=O)(=O)N(CC)CC2CC2)cn1CC. The molecule has 6 heteroatoms. The zero-order valence-electron chi connectivity index (χ0n) is 13.3. The van der Waals surface area contributed by atoms with Crippen LogP contribution >= 0.6 is 0 Å². The van der Waals surface area contributed by atoms with Gasteiger partial charge < -0.3 is 9.88 Å². The molecule has 0 amide bonds. The van der Waals surface area contributed by atoms with Crippen LogP contribution in [0, 0.1) is 5.92 Å². The summed E-state index contributed by atoms with van der Waals surface area (Å²) >= 11 is 0. The minimum atomic E-state index is -3.36. The maximum atomic E-state index is 12.8. The third-order valence-electron chi connectivity index (χ3n) is 4.01. The standard InChI is InChI=1S/C15H27N3O2S/c1-4-16-10-14-9-15(12-17(14)5-2)21(19,20)18(6-3)11-13-7-8-13/h9,12-13,16H,4-8,10-11H2,1-3H3. The predicted molar refractivity (Wildman–Crippen MR) is 84.6 cm³/mol. The Morgan fingerprint density at radius 2 is 2.05 bits per heavy atom. The van der Waals surface area contributed by atoms with Gasteiger partial charge in [0.05, 0.1) is 0 Å². The molecule has 0 spiro atoms. The second-order valence-corrected chi connectivity index (χ2v) is 7.57. The number of hydrogen-bond donors (Lipinski definition) is 1. The van der Waals surface area contributed by atoms with E-state index in [-0.39, 0.29) is 0 Å². The molecule has 2 rings (SSSR count). The molecule has 0 bridgehead atoms. The minimum Gasteiger partial charge on any atom is -0.349 e.